The summed E-state index contributed by atoms with van der Waals surface area (Å²) in [5.74, 6) is -1.38. The van der Waals surface area contributed by atoms with E-state index < -0.39 is 31.3 Å². The van der Waals surface area contributed by atoms with Gasteiger partial charge < -0.3 is 30.1 Å². The summed E-state index contributed by atoms with van der Waals surface area (Å²) in [6, 6.07) is 14.7. The SMILES string of the molecule is COc1cccc(CNC(=O)C(C)C(=O)N[C@@H](Cc2ccc(C)cc2)OB(O)O)c1. The number of hydrogen-bond donors (Lipinski definition) is 4. The van der Waals surface area contributed by atoms with E-state index in [9.17, 15) is 9.59 Å². The normalized spacial score (nSPS) is 12.6. The van der Waals surface area contributed by atoms with Gasteiger partial charge in [0.25, 0.3) is 0 Å². The highest BCUT2D eigenvalue weighted by molar-refractivity contribution is 6.32. The lowest BCUT2D eigenvalue weighted by atomic mass is 10.1. The zero-order valence-corrected chi connectivity index (χ0v) is 17.3. The van der Waals surface area contributed by atoms with Crippen LogP contribution in [0.1, 0.15) is 23.6 Å². The molecule has 30 heavy (non-hydrogen) atoms. The summed E-state index contributed by atoms with van der Waals surface area (Å²) >= 11 is 0. The molecule has 0 radical (unpaired) electrons. The molecule has 160 valence electrons. The first-order valence-electron chi connectivity index (χ1n) is 9.56. The van der Waals surface area contributed by atoms with Crippen LogP contribution in [-0.4, -0.2) is 42.5 Å². The van der Waals surface area contributed by atoms with Gasteiger partial charge in [0.15, 0.2) is 0 Å². The van der Waals surface area contributed by atoms with Crippen LogP contribution in [-0.2, 0) is 27.2 Å². The van der Waals surface area contributed by atoms with Crippen molar-refractivity contribution in [3.63, 3.8) is 0 Å². The summed E-state index contributed by atoms with van der Waals surface area (Å²) in [6.45, 7) is 3.66. The summed E-state index contributed by atoms with van der Waals surface area (Å²) in [4.78, 5) is 24.9. The van der Waals surface area contributed by atoms with Gasteiger partial charge in [0.1, 0.15) is 17.9 Å². The number of aryl methyl sites for hydroxylation is 1. The number of carbonyl (C=O) groups excluding carboxylic acids is 2. The third-order valence-electron chi connectivity index (χ3n) is 4.52. The predicted molar refractivity (Wildman–Crippen MR) is 112 cm³/mol. The van der Waals surface area contributed by atoms with Crippen LogP contribution in [0.3, 0.4) is 0 Å². The van der Waals surface area contributed by atoms with Crippen molar-refractivity contribution in [2.24, 2.45) is 5.92 Å². The second-order valence-electron chi connectivity index (χ2n) is 6.94. The van der Waals surface area contributed by atoms with Crippen LogP contribution in [0, 0.1) is 12.8 Å². The van der Waals surface area contributed by atoms with Crippen LogP contribution in [0.25, 0.3) is 0 Å². The second-order valence-corrected chi connectivity index (χ2v) is 6.94. The van der Waals surface area contributed by atoms with Crippen LogP contribution >= 0.6 is 0 Å². The molecule has 2 aromatic carbocycles. The Bertz CT molecular complexity index is 844. The fraction of sp³-hybridized carbons (Fsp3) is 0.333. The molecule has 0 saturated carbocycles. The molecule has 2 rings (SSSR count). The molecule has 8 nitrogen and oxygen atoms in total. The average Bonchev–Trinajstić information content (AvgIpc) is 2.72. The predicted octanol–water partition coefficient (Wildman–Crippen LogP) is 0.927. The highest BCUT2D eigenvalue weighted by Gasteiger charge is 2.26. The van der Waals surface area contributed by atoms with E-state index in [1.54, 1.807) is 19.2 Å². The van der Waals surface area contributed by atoms with E-state index in [-0.39, 0.29) is 13.0 Å². The van der Waals surface area contributed by atoms with Crippen LogP contribution < -0.4 is 15.4 Å². The summed E-state index contributed by atoms with van der Waals surface area (Å²) < 4.78 is 10.1. The van der Waals surface area contributed by atoms with Crippen molar-refractivity contribution >= 4 is 19.1 Å². The minimum Gasteiger partial charge on any atom is -0.497 e. The first-order valence-corrected chi connectivity index (χ1v) is 9.56. The summed E-state index contributed by atoms with van der Waals surface area (Å²) in [5.41, 5.74) is 2.74. The molecule has 0 fully saturated rings. The quantitative estimate of drug-likeness (QED) is 0.261. The lowest BCUT2D eigenvalue weighted by Crippen LogP contribution is -2.47. The van der Waals surface area contributed by atoms with Crippen molar-refractivity contribution in [3.05, 3.63) is 65.2 Å². The molecule has 0 aliphatic carbocycles. The molecule has 0 spiro atoms. The molecule has 0 aliphatic heterocycles. The maximum Gasteiger partial charge on any atom is 0.635 e. The fourth-order valence-electron chi connectivity index (χ4n) is 2.75. The molecule has 2 amide bonds. The van der Waals surface area contributed by atoms with Crippen LogP contribution in [0.2, 0.25) is 0 Å². The molecular weight excluding hydrogens is 387 g/mol. The Kier molecular flexibility index (Phi) is 8.85. The monoisotopic (exact) mass is 414 g/mol. The molecule has 2 aromatic rings. The standard InChI is InChI=1S/C21H27BN2O6/c1-14-7-9-16(10-8-14)12-19(30-22(27)28)24-21(26)15(2)20(25)23-13-17-5-4-6-18(11-17)29-3/h4-11,15,19,27-28H,12-13H2,1-3H3,(H,23,25)(H,24,26)/t15?,19-/m1/s1. The summed E-state index contributed by atoms with van der Waals surface area (Å²) in [6.07, 6.45) is -0.796. The van der Waals surface area contributed by atoms with Gasteiger partial charge in [0.05, 0.1) is 7.11 Å². The lowest BCUT2D eigenvalue weighted by molar-refractivity contribution is -0.136. The maximum absolute atomic E-state index is 12.5. The number of hydrogen-bond acceptors (Lipinski definition) is 6. The van der Waals surface area contributed by atoms with Gasteiger partial charge in [0.2, 0.25) is 11.8 Å². The Hall–Kier alpha value is -2.88. The number of ether oxygens (including phenoxy) is 1. The van der Waals surface area contributed by atoms with Crippen LogP contribution in [0.5, 0.6) is 5.75 Å². The third-order valence-corrected chi connectivity index (χ3v) is 4.52. The highest BCUT2D eigenvalue weighted by atomic mass is 16.6. The van der Waals surface area contributed by atoms with Crippen LogP contribution in [0.15, 0.2) is 48.5 Å². The van der Waals surface area contributed by atoms with E-state index in [4.69, 9.17) is 19.4 Å². The van der Waals surface area contributed by atoms with Gasteiger partial charge in [-0.15, -0.1) is 0 Å². The van der Waals surface area contributed by atoms with Gasteiger partial charge in [-0.2, -0.15) is 0 Å². The van der Waals surface area contributed by atoms with Crippen molar-refractivity contribution < 1.29 is 29.0 Å². The molecule has 0 saturated heterocycles. The summed E-state index contributed by atoms with van der Waals surface area (Å²) in [5, 5.41) is 23.6. The fourth-order valence-corrected chi connectivity index (χ4v) is 2.75. The van der Waals surface area contributed by atoms with E-state index >= 15 is 0 Å². The number of benzene rings is 2. The number of rotatable bonds is 10. The number of methoxy groups -OCH3 is 1. The molecule has 1 unspecified atom stereocenters. The zero-order chi connectivity index (χ0) is 22.1. The van der Waals surface area contributed by atoms with Crippen molar-refractivity contribution in [2.45, 2.75) is 33.0 Å². The molecule has 4 N–H and O–H groups in total. The number of amides is 2. The average molecular weight is 414 g/mol. The lowest BCUT2D eigenvalue weighted by Gasteiger charge is -2.21. The molecule has 0 heterocycles. The van der Waals surface area contributed by atoms with Crippen molar-refractivity contribution in [2.75, 3.05) is 7.11 Å². The molecule has 0 aliphatic rings. The first kappa shape index (κ1) is 23.4. The Morgan fingerprint density at radius 1 is 1.07 bits per heavy atom. The van der Waals surface area contributed by atoms with Crippen molar-refractivity contribution in [1.82, 2.24) is 10.6 Å². The third kappa shape index (κ3) is 7.51. The Morgan fingerprint density at radius 3 is 2.40 bits per heavy atom. The Labute approximate surface area is 176 Å². The van der Waals surface area contributed by atoms with Crippen molar-refractivity contribution in [3.8, 4) is 5.75 Å². The Balaban J connectivity index is 1.93. The van der Waals surface area contributed by atoms with Gasteiger partial charge in [-0.3, -0.25) is 9.59 Å². The number of nitrogens with one attached hydrogen (secondary N) is 2. The van der Waals surface area contributed by atoms with E-state index in [1.807, 2.05) is 43.3 Å². The van der Waals surface area contributed by atoms with Gasteiger partial charge in [0, 0.05) is 13.0 Å². The molecular formula is C21H27BN2O6. The molecule has 0 aromatic heterocycles. The minimum atomic E-state index is -2.06. The Morgan fingerprint density at radius 2 is 1.77 bits per heavy atom. The van der Waals surface area contributed by atoms with E-state index in [2.05, 4.69) is 10.6 Å². The molecule has 2 atom stereocenters. The van der Waals surface area contributed by atoms with E-state index in [0.717, 1.165) is 16.7 Å². The second kappa shape index (κ2) is 11.3. The molecule has 9 heteroatoms. The van der Waals surface area contributed by atoms with Crippen molar-refractivity contribution in [1.29, 1.82) is 0 Å². The maximum atomic E-state index is 12.5. The number of carbonyl (C=O) groups is 2. The topological polar surface area (TPSA) is 117 Å². The zero-order valence-electron chi connectivity index (χ0n) is 17.3. The van der Waals surface area contributed by atoms with E-state index in [0.29, 0.717) is 5.75 Å². The minimum absolute atomic E-state index is 0.210. The molecule has 0 bridgehead atoms. The first-order chi connectivity index (χ1) is 14.3. The smallest absolute Gasteiger partial charge is 0.497 e. The van der Waals surface area contributed by atoms with Gasteiger partial charge in [-0.25, -0.2) is 0 Å². The summed E-state index contributed by atoms with van der Waals surface area (Å²) in [7, 11) is -0.499. The highest BCUT2D eigenvalue weighted by Crippen LogP contribution is 2.12. The van der Waals surface area contributed by atoms with Gasteiger partial charge in [-0.1, -0.05) is 42.0 Å². The van der Waals surface area contributed by atoms with Gasteiger partial charge >= 0.3 is 7.32 Å². The van der Waals surface area contributed by atoms with Crippen LogP contribution in [0.4, 0.5) is 0 Å². The van der Waals surface area contributed by atoms with E-state index in [1.165, 1.54) is 6.92 Å². The largest absolute Gasteiger partial charge is 0.635 e. The van der Waals surface area contributed by atoms with Gasteiger partial charge in [-0.05, 0) is 37.1 Å².